The Morgan fingerprint density at radius 2 is 1.64 bits per heavy atom. The van der Waals surface area contributed by atoms with E-state index in [2.05, 4.69) is 33.7 Å². The number of hydrogen-bond donors (Lipinski definition) is 1. The third-order valence-corrected chi connectivity index (χ3v) is 6.50. The summed E-state index contributed by atoms with van der Waals surface area (Å²) in [7, 11) is 0. The van der Waals surface area contributed by atoms with Gasteiger partial charge in [-0.25, -0.2) is 24.5 Å². The highest BCUT2D eigenvalue weighted by Crippen LogP contribution is 2.26. The lowest BCUT2D eigenvalue weighted by molar-refractivity contribution is 0.0235. The van der Waals surface area contributed by atoms with E-state index in [1.54, 1.807) is 9.80 Å². The number of aromatic nitrogens is 4. The smallest absolute Gasteiger partial charge is 0.410 e. The van der Waals surface area contributed by atoms with Crippen LogP contribution in [-0.4, -0.2) is 85.4 Å². The molecule has 4 heterocycles. The molecule has 2 amide bonds. The fourth-order valence-corrected chi connectivity index (χ4v) is 4.84. The summed E-state index contributed by atoms with van der Waals surface area (Å²) in [4.78, 5) is 42.4. The van der Waals surface area contributed by atoms with E-state index in [9.17, 15) is 9.59 Å². The van der Waals surface area contributed by atoms with E-state index >= 15 is 0 Å². The second-order valence-corrected chi connectivity index (χ2v) is 11.0. The number of fused-ring (bicyclic) bond motifs is 1. The molecule has 4 rings (SSSR count). The third-order valence-electron chi connectivity index (χ3n) is 6.50. The number of nitrogens with zero attached hydrogens (tertiary/aromatic N) is 6. The molecule has 36 heavy (non-hydrogen) atoms. The highest BCUT2D eigenvalue weighted by molar-refractivity contribution is 5.84. The molecule has 0 saturated carbocycles. The molecule has 1 atom stereocenters. The van der Waals surface area contributed by atoms with Crippen molar-refractivity contribution in [2.75, 3.05) is 31.5 Å². The zero-order valence-corrected chi connectivity index (χ0v) is 22.5. The number of imidazole rings is 1. The first kappa shape index (κ1) is 26.0. The van der Waals surface area contributed by atoms with Crippen molar-refractivity contribution in [2.24, 2.45) is 0 Å². The van der Waals surface area contributed by atoms with Crippen LogP contribution in [0.5, 0.6) is 0 Å². The third kappa shape index (κ3) is 5.82. The van der Waals surface area contributed by atoms with Crippen LogP contribution in [0.2, 0.25) is 0 Å². The van der Waals surface area contributed by atoms with Gasteiger partial charge in [-0.2, -0.15) is 0 Å². The minimum Gasteiger partial charge on any atom is -0.444 e. The molecule has 2 saturated heterocycles. The number of carbonyl (C=O) groups is 2. The first-order valence-corrected chi connectivity index (χ1v) is 12.8. The SMILES string of the molecule is Cc1nc(NC2CCN(C(=O)O[C@H]3CCN(C(=O)OC(C)(C)C)C3)CC2)c2nc(C)n(C(C)C)c2n1. The summed E-state index contributed by atoms with van der Waals surface area (Å²) in [6.07, 6.45) is 1.18. The maximum absolute atomic E-state index is 12.8. The van der Waals surface area contributed by atoms with Crippen molar-refractivity contribution in [2.45, 2.75) is 91.5 Å². The molecule has 0 aromatic carbocycles. The molecular weight excluding hydrogens is 462 g/mol. The highest BCUT2D eigenvalue weighted by Gasteiger charge is 2.33. The Labute approximate surface area is 212 Å². The number of anilines is 1. The number of nitrogens with one attached hydrogen (secondary N) is 1. The first-order valence-electron chi connectivity index (χ1n) is 12.8. The van der Waals surface area contributed by atoms with Crippen molar-refractivity contribution in [1.29, 1.82) is 0 Å². The van der Waals surface area contributed by atoms with Gasteiger partial charge in [0, 0.05) is 38.1 Å². The number of amides is 2. The Morgan fingerprint density at radius 1 is 0.972 bits per heavy atom. The lowest BCUT2D eigenvalue weighted by atomic mass is 10.1. The number of aryl methyl sites for hydroxylation is 2. The minimum atomic E-state index is -0.548. The Kier molecular flexibility index (Phi) is 7.28. The van der Waals surface area contributed by atoms with Gasteiger partial charge in [-0.05, 0) is 61.3 Å². The van der Waals surface area contributed by atoms with Crippen LogP contribution in [0.4, 0.5) is 15.4 Å². The number of hydrogen-bond acceptors (Lipinski definition) is 8. The van der Waals surface area contributed by atoms with Crippen LogP contribution in [0.25, 0.3) is 11.2 Å². The fraction of sp³-hybridized carbons (Fsp3) is 0.720. The summed E-state index contributed by atoms with van der Waals surface area (Å²) in [5.41, 5.74) is 1.08. The topological polar surface area (TPSA) is 115 Å². The van der Waals surface area contributed by atoms with E-state index in [-0.39, 0.29) is 30.4 Å². The predicted molar refractivity (Wildman–Crippen MR) is 136 cm³/mol. The Balaban J connectivity index is 1.30. The van der Waals surface area contributed by atoms with E-state index in [1.165, 1.54) is 0 Å². The second-order valence-electron chi connectivity index (χ2n) is 11.0. The van der Waals surface area contributed by atoms with Crippen molar-refractivity contribution >= 4 is 29.2 Å². The largest absolute Gasteiger partial charge is 0.444 e. The Hall–Kier alpha value is -3.11. The molecule has 2 aromatic heterocycles. The van der Waals surface area contributed by atoms with Crippen molar-refractivity contribution < 1.29 is 19.1 Å². The van der Waals surface area contributed by atoms with Gasteiger partial charge in [0.1, 0.15) is 23.4 Å². The zero-order valence-electron chi connectivity index (χ0n) is 22.5. The number of likely N-dealkylation sites (tertiary alicyclic amines) is 2. The van der Waals surface area contributed by atoms with E-state index in [0.717, 1.165) is 35.6 Å². The maximum atomic E-state index is 12.8. The van der Waals surface area contributed by atoms with Crippen molar-refractivity contribution in [3.05, 3.63) is 11.6 Å². The van der Waals surface area contributed by atoms with E-state index in [0.29, 0.717) is 38.4 Å². The van der Waals surface area contributed by atoms with Gasteiger partial charge < -0.3 is 29.2 Å². The standard InChI is InChI=1S/C25H39N7O4/c1-15(2)32-17(4)28-20-21(26-16(3)27-22(20)32)29-18-8-11-30(12-9-18)23(33)35-19-10-13-31(14-19)24(34)36-25(5,6)7/h15,18-19H,8-14H2,1-7H3,(H,26,27,29)/t19-/m0/s1. The minimum absolute atomic E-state index is 0.171. The Bertz CT molecular complexity index is 1120. The summed E-state index contributed by atoms with van der Waals surface area (Å²) in [6, 6.07) is 0.424. The normalized spacial score (nSPS) is 19.3. The van der Waals surface area contributed by atoms with Crippen molar-refractivity contribution in [3.63, 3.8) is 0 Å². The summed E-state index contributed by atoms with van der Waals surface area (Å²) in [5.74, 6) is 2.36. The molecule has 1 N–H and O–H groups in total. The number of rotatable bonds is 4. The molecule has 11 heteroatoms. The van der Waals surface area contributed by atoms with Gasteiger partial charge in [-0.15, -0.1) is 0 Å². The first-order chi connectivity index (χ1) is 16.9. The van der Waals surface area contributed by atoms with Gasteiger partial charge in [-0.3, -0.25) is 0 Å². The van der Waals surface area contributed by atoms with Crippen LogP contribution in [0.1, 0.15) is 71.6 Å². The molecule has 2 fully saturated rings. The van der Waals surface area contributed by atoms with Crippen LogP contribution in [0.15, 0.2) is 0 Å². The lowest BCUT2D eigenvalue weighted by Crippen LogP contribution is -2.44. The van der Waals surface area contributed by atoms with Crippen LogP contribution >= 0.6 is 0 Å². The summed E-state index contributed by atoms with van der Waals surface area (Å²) in [5, 5.41) is 3.55. The van der Waals surface area contributed by atoms with E-state index in [1.807, 2.05) is 34.6 Å². The van der Waals surface area contributed by atoms with E-state index < -0.39 is 5.60 Å². The summed E-state index contributed by atoms with van der Waals surface area (Å²) in [6.45, 7) is 15.7. The molecule has 198 valence electrons. The van der Waals surface area contributed by atoms with Crippen LogP contribution < -0.4 is 5.32 Å². The van der Waals surface area contributed by atoms with E-state index in [4.69, 9.17) is 14.5 Å². The molecule has 0 unspecified atom stereocenters. The number of ether oxygens (including phenoxy) is 2. The molecule has 0 aliphatic carbocycles. The summed E-state index contributed by atoms with van der Waals surface area (Å²) >= 11 is 0. The van der Waals surface area contributed by atoms with Gasteiger partial charge in [0.25, 0.3) is 0 Å². The average Bonchev–Trinajstić information content (AvgIpc) is 3.37. The van der Waals surface area contributed by atoms with Gasteiger partial charge in [0.2, 0.25) is 0 Å². The molecule has 0 spiro atoms. The fourth-order valence-electron chi connectivity index (χ4n) is 4.84. The van der Waals surface area contributed by atoms with Gasteiger partial charge in [0.15, 0.2) is 17.0 Å². The lowest BCUT2D eigenvalue weighted by Gasteiger charge is -2.32. The molecule has 2 aliphatic rings. The zero-order chi connectivity index (χ0) is 26.2. The molecular formula is C25H39N7O4. The predicted octanol–water partition coefficient (Wildman–Crippen LogP) is 4.05. The van der Waals surface area contributed by atoms with Gasteiger partial charge in [0.05, 0.1) is 6.54 Å². The number of piperidine rings is 1. The molecule has 2 aromatic rings. The maximum Gasteiger partial charge on any atom is 0.410 e. The van der Waals surface area contributed by atoms with Crippen LogP contribution in [-0.2, 0) is 9.47 Å². The monoisotopic (exact) mass is 501 g/mol. The molecule has 0 bridgehead atoms. The van der Waals surface area contributed by atoms with Crippen LogP contribution in [0.3, 0.4) is 0 Å². The highest BCUT2D eigenvalue weighted by atomic mass is 16.6. The Morgan fingerprint density at radius 3 is 2.28 bits per heavy atom. The molecule has 0 radical (unpaired) electrons. The average molecular weight is 502 g/mol. The quantitative estimate of drug-likeness (QED) is 0.667. The summed E-state index contributed by atoms with van der Waals surface area (Å²) < 4.78 is 13.3. The number of carbonyl (C=O) groups excluding carboxylic acids is 2. The van der Waals surface area contributed by atoms with Crippen molar-refractivity contribution in [3.8, 4) is 0 Å². The van der Waals surface area contributed by atoms with Gasteiger partial charge in [-0.1, -0.05) is 0 Å². The molecule has 2 aliphatic heterocycles. The second kappa shape index (κ2) is 10.1. The van der Waals surface area contributed by atoms with Gasteiger partial charge >= 0.3 is 12.2 Å². The molecule has 11 nitrogen and oxygen atoms in total. The van der Waals surface area contributed by atoms with Crippen LogP contribution in [0, 0.1) is 13.8 Å². The van der Waals surface area contributed by atoms with Crippen molar-refractivity contribution in [1.82, 2.24) is 29.3 Å².